The Morgan fingerprint density at radius 3 is 2.79 bits per heavy atom. The number of amides is 2. The van der Waals surface area contributed by atoms with Crippen molar-refractivity contribution in [2.75, 3.05) is 25.1 Å². The number of carbonyl (C=O) groups excluding carboxylic acids is 2. The second-order valence-electron chi connectivity index (χ2n) is 7.07. The second kappa shape index (κ2) is 8.02. The van der Waals surface area contributed by atoms with Gasteiger partial charge >= 0.3 is 0 Å². The van der Waals surface area contributed by atoms with Crippen LogP contribution in [-0.2, 0) is 11.3 Å². The molecule has 4 rings (SSSR count). The summed E-state index contributed by atoms with van der Waals surface area (Å²) in [4.78, 5) is 27.6. The van der Waals surface area contributed by atoms with Crippen molar-refractivity contribution in [2.24, 2.45) is 0 Å². The summed E-state index contributed by atoms with van der Waals surface area (Å²) in [6.07, 6.45) is 2.11. The Kier molecular flexibility index (Phi) is 5.30. The van der Waals surface area contributed by atoms with E-state index in [0.717, 1.165) is 30.8 Å². The Bertz CT molecular complexity index is 873. The van der Waals surface area contributed by atoms with Gasteiger partial charge < -0.3 is 19.7 Å². The van der Waals surface area contributed by atoms with E-state index in [4.69, 9.17) is 9.47 Å². The lowest BCUT2D eigenvalue weighted by molar-refractivity contribution is 0.0544. The molecule has 1 atom stereocenters. The van der Waals surface area contributed by atoms with Crippen LogP contribution in [0.5, 0.6) is 5.75 Å². The molecule has 6 heteroatoms. The summed E-state index contributed by atoms with van der Waals surface area (Å²) in [6.45, 7) is 4.37. The van der Waals surface area contributed by atoms with E-state index in [0.29, 0.717) is 36.5 Å². The number of nitrogens with one attached hydrogen (secondary N) is 1. The second-order valence-corrected chi connectivity index (χ2v) is 7.07. The molecule has 0 spiro atoms. The highest BCUT2D eigenvalue weighted by Crippen LogP contribution is 2.28. The predicted octanol–water partition coefficient (Wildman–Crippen LogP) is 3.47. The van der Waals surface area contributed by atoms with Crippen molar-refractivity contribution in [3.8, 4) is 5.75 Å². The summed E-state index contributed by atoms with van der Waals surface area (Å²) < 4.78 is 11.1. The topological polar surface area (TPSA) is 67.9 Å². The van der Waals surface area contributed by atoms with E-state index < -0.39 is 0 Å². The van der Waals surface area contributed by atoms with Crippen molar-refractivity contribution in [1.29, 1.82) is 0 Å². The SMILES string of the molecule is CCOc1ccc(NC(=O)c2cccc3c2C(=O)N(C[C@H]2CCCO2)C3)cc1. The highest BCUT2D eigenvalue weighted by atomic mass is 16.5. The molecule has 6 nitrogen and oxygen atoms in total. The van der Waals surface area contributed by atoms with E-state index in [-0.39, 0.29) is 17.9 Å². The molecule has 2 aromatic carbocycles. The van der Waals surface area contributed by atoms with Gasteiger partial charge in [0.25, 0.3) is 11.8 Å². The Labute approximate surface area is 164 Å². The van der Waals surface area contributed by atoms with Gasteiger partial charge in [-0.2, -0.15) is 0 Å². The zero-order chi connectivity index (χ0) is 19.5. The van der Waals surface area contributed by atoms with Crippen LogP contribution in [-0.4, -0.2) is 42.6 Å². The van der Waals surface area contributed by atoms with Crippen LogP contribution in [0.15, 0.2) is 42.5 Å². The van der Waals surface area contributed by atoms with Gasteiger partial charge in [0, 0.05) is 25.4 Å². The number of ether oxygens (including phenoxy) is 2. The molecule has 2 amide bonds. The van der Waals surface area contributed by atoms with Gasteiger partial charge in [-0.05, 0) is 55.7 Å². The van der Waals surface area contributed by atoms with Crippen LogP contribution >= 0.6 is 0 Å². The molecule has 2 aliphatic rings. The molecule has 1 saturated heterocycles. The number of rotatable bonds is 6. The monoisotopic (exact) mass is 380 g/mol. The fourth-order valence-electron chi connectivity index (χ4n) is 3.79. The lowest BCUT2D eigenvalue weighted by Gasteiger charge is -2.19. The zero-order valence-corrected chi connectivity index (χ0v) is 15.9. The maximum Gasteiger partial charge on any atom is 0.256 e. The average molecular weight is 380 g/mol. The van der Waals surface area contributed by atoms with Crippen molar-refractivity contribution >= 4 is 17.5 Å². The van der Waals surface area contributed by atoms with Gasteiger partial charge in [0.1, 0.15) is 5.75 Å². The van der Waals surface area contributed by atoms with E-state index in [2.05, 4.69) is 5.32 Å². The van der Waals surface area contributed by atoms with Gasteiger partial charge in [-0.15, -0.1) is 0 Å². The van der Waals surface area contributed by atoms with Crippen molar-refractivity contribution in [2.45, 2.75) is 32.4 Å². The van der Waals surface area contributed by atoms with Crippen molar-refractivity contribution in [1.82, 2.24) is 4.90 Å². The number of hydrogen-bond donors (Lipinski definition) is 1. The number of fused-ring (bicyclic) bond motifs is 1. The molecule has 2 aromatic rings. The Balaban J connectivity index is 1.50. The maximum absolute atomic E-state index is 13.0. The summed E-state index contributed by atoms with van der Waals surface area (Å²) in [5.41, 5.74) is 2.46. The van der Waals surface area contributed by atoms with Gasteiger partial charge in [0.15, 0.2) is 0 Å². The van der Waals surface area contributed by atoms with Crippen LogP contribution in [0.1, 0.15) is 46.0 Å². The van der Waals surface area contributed by atoms with Gasteiger partial charge in [-0.25, -0.2) is 0 Å². The number of carbonyl (C=O) groups is 2. The van der Waals surface area contributed by atoms with Gasteiger partial charge in [-0.1, -0.05) is 12.1 Å². The quantitative estimate of drug-likeness (QED) is 0.833. The van der Waals surface area contributed by atoms with E-state index >= 15 is 0 Å². The lowest BCUT2D eigenvalue weighted by Crippen LogP contribution is -2.32. The first-order chi connectivity index (χ1) is 13.7. The van der Waals surface area contributed by atoms with E-state index in [1.165, 1.54) is 0 Å². The maximum atomic E-state index is 13.0. The summed E-state index contributed by atoms with van der Waals surface area (Å²) in [5.74, 6) is 0.373. The fraction of sp³-hybridized carbons (Fsp3) is 0.364. The minimum absolute atomic E-state index is 0.0945. The molecule has 1 N–H and O–H groups in total. The van der Waals surface area contributed by atoms with Crippen LogP contribution in [0.4, 0.5) is 5.69 Å². The molecule has 146 valence electrons. The lowest BCUT2D eigenvalue weighted by atomic mass is 10.0. The van der Waals surface area contributed by atoms with Crippen LogP contribution in [0.2, 0.25) is 0 Å². The first-order valence-electron chi connectivity index (χ1n) is 9.72. The Morgan fingerprint density at radius 2 is 2.07 bits per heavy atom. The first kappa shape index (κ1) is 18.5. The highest BCUT2D eigenvalue weighted by Gasteiger charge is 2.33. The van der Waals surface area contributed by atoms with Crippen molar-refractivity contribution < 1.29 is 19.1 Å². The molecule has 0 aliphatic carbocycles. The highest BCUT2D eigenvalue weighted by molar-refractivity contribution is 6.13. The molecule has 0 unspecified atom stereocenters. The third-order valence-electron chi connectivity index (χ3n) is 5.13. The number of nitrogens with zero attached hydrogens (tertiary/aromatic N) is 1. The zero-order valence-electron chi connectivity index (χ0n) is 15.9. The molecule has 0 saturated carbocycles. The molecular formula is C22H24N2O4. The van der Waals surface area contributed by atoms with Crippen LogP contribution in [0.25, 0.3) is 0 Å². The molecule has 2 heterocycles. The van der Waals surface area contributed by atoms with Crippen LogP contribution in [0.3, 0.4) is 0 Å². The van der Waals surface area contributed by atoms with Crippen LogP contribution < -0.4 is 10.1 Å². The first-order valence-corrected chi connectivity index (χ1v) is 9.72. The van der Waals surface area contributed by atoms with Gasteiger partial charge in [0.05, 0.1) is 23.8 Å². The summed E-state index contributed by atoms with van der Waals surface area (Å²) in [5, 5.41) is 2.88. The van der Waals surface area contributed by atoms with Gasteiger partial charge in [-0.3, -0.25) is 9.59 Å². The minimum atomic E-state index is -0.284. The average Bonchev–Trinajstić information content (AvgIpc) is 3.32. The smallest absolute Gasteiger partial charge is 0.256 e. The molecule has 1 fully saturated rings. The van der Waals surface area contributed by atoms with E-state index in [1.54, 1.807) is 23.1 Å². The summed E-state index contributed by atoms with van der Waals surface area (Å²) in [6, 6.07) is 12.6. The molecule has 0 bridgehead atoms. The summed E-state index contributed by atoms with van der Waals surface area (Å²) in [7, 11) is 0. The third-order valence-corrected chi connectivity index (χ3v) is 5.13. The Hall–Kier alpha value is -2.86. The number of anilines is 1. The minimum Gasteiger partial charge on any atom is -0.494 e. The number of hydrogen-bond acceptors (Lipinski definition) is 4. The molecule has 28 heavy (non-hydrogen) atoms. The largest absolute Gasteiger partial charge is 0.494 e. The predicted molar refractivity (Wildman–Crippen MR) is 106 cm³/mol. The third kappa shape index (κ3) is 3.73. The van der Waals surface area contributed by atoms with Crippen molar-refractivity contribution in [3.63, 3.8) is 0 Å². The molecular weight excluding hydrogens is 356 g/mol. The van der Waals surface area contributed by atoms with Gasteiger partial charge in [0.2, 0.25) is 0 Å². The van der Waals surface area contributed by atoms with Crippen LogP contribution in [0, 0.1) is 0 Å². The molecule has 0 aromatic heterocycles. The normalized spacial score (nSPS) is 18.2. The molecule has 2 aliphatic heterocycles. The summed E-state index contributed by atoms with van der Waals surface area (Å²) >= 11 is 0. The van der Waals surface area contributed by atoms with E-state index in [1.807, 2.05) is 31.2 Å². The van der Waals surface area contributed by atoms with Crippen molar-refractivity contribution in [3.05, 3.63) is 59.2 Å². The number of benzene rings is 2. The fourth-order valence-corrected chi connectivity index (χ4v) is 3.79. The Morgan fingerprint density at radius 1 is 1.25 bits per heavy atom. The van der Waals surface area contributed by atoms with E-state index in [9.17, 15) is 9.59 Å². The molecule has 0 radical (unpaired) electrons. The standard InChI is InChI=1S/C22H24N2O4/c1-2-27-17-10-8-16(9-11-17)23-21(25)19-7-3-5-15-13-24(22(26)20(15)19)14-18-6-4-12-28-18/h3,5,7-11,18H,2,4,6,12-14H2,1H3,(H,23,25)/t18-/m1/s1.